The molecule has 0 saturated carbocycles. The van der Waals surface area contributed by atoms with E-state index in [0.29, 0.717) is 46.2 Å². The van der Waals surface area contributed by atoms with Gasteiger partial charge in [-0.15, -0.1) is 5.10 Å². The van der Waals surface area contributed by atoms with Crippen LogP contribution in [-0.4, -0.2) is 40.1 Å². The molecule has 178 valence electrons. The molecular formula is C24H26BrN5O3S. The maximum absolute atomic E-state index is 13.7. The van der Waals surface area contributed by atoms with Gasteiger partial charge in [0.1, 0.15) is 17.5 Å². The smallest absolute Gasteiger partial charge is 0.255 e. The van der Waals surface area contributed by atoms with E-state index in [2.05, 4.69) is 31.5 Å². The van der Waals surface area contributed by atoms with Crippen LogP contribution in [0.5, 0.6) is 11.5 Å². The van der Waals surface area contributed by atoms with E-state index in [9.17, 15) is 4.79 Å². The van der Waals surface area contributed by atoms with Crippen LogP contribution in [0.1, 0.15) is 32.4 Å². The minimum atomic E-state index is -0.489. The summed E-state index contributed by atoms with van der Waals surface area (Å²) in [5.74, 6) is 2.51. The summed E-state index contributed by atoms with van der Waals surface area (Å²) >= 11 is 5.12. The van der Waals surface area contributed by atoms with Gasteiger partial charge in [-0.2, -0.15) is 4.98 Å². The van der Waals surface area contributed by atoms with Gasteiger partial charge in [0, 0.05) is 5.70 Å². The number of fused-ring (bicyclic) bond motifs is 1. The van der Waals surface area contributed by atoms with Crippen molar-refractivity contribution >= 4 is 45.2 Å². The highest BCUT2D eigenvalue weighted by molar-refractivity contribution is 9.10. The lowest BCUT2D eigenvalue weighted by molar-refractivity contribution is -0.113. The van der Waals surface area contributed by atoms with Gasteiger partial charge in [0.15, 0.2) is 0 Å². The fourth-order valence-electron chi connectivity index (χ4n) is 3.82. The van der Waals surface area contributed by atoms with E-state index in [1.54, 1.807) is 23.6 Å². The molecule has 2 aromatic carbocycles. The molecule has 3 aromatic rings. The summed E-state index contributed by atoms with van der Waals surface area (Å²) in [5, 5.41) is 11.7. The first-order valence-corrected chi connectivity index (χ1v) is 12.7. The second kappa shape index (κ2) is 10.5. The standard InChI is InChI=1S/C24H26BrN5O3S/c1-5-33-19-10-8-7-9-17(19)27-22(31)20-14(3)26-23-28-24(34-6-2)29-30(23)21(20)15-11-12-18(32-4)16(25)13-15/h7-13,21H,5-6H2,1-4H3,(H,27,31)(H,26,28,29). The number of thioether (sulfide) groups is 1. The molecule has 1 unspecified atom stereocenters. The number of carbonyl (C=O) groups is 1. The van der Waals surface area contributed by atoms with Crippen molar-refractivity contribution in [2.75, 3.05) is 30.1 Å². The summed E-state index contributed by atoms with van der Waals surface area (Å²) in [7, 11) is 1.62. The van der Waals surface area contributed by atoms with Crippen molar-refractivity contribution in [3.8, 4) is 11.5 Å². The third-order valence-electron chi connectivity index (χ3n) is 5.28. The summed E-state index contributed by atoms with van der Waals surface area (Å²) in [6.07, 6.45) is 0. The van der Waals surface area contributed by atoms with Crippen LogP contribution in [0.4, 0.5) is 11.6 Å². The number of anilines is 2. The van der Waals surface area contributed by atoms with E-state index >= 15 is 0 Å². The van der Waals surface area contributed by atoms with E-state index in [1.807, 2.05) is 63.2 Å². The maximum Gasteiger partial charge on any atom is 0.255 e. The van der Waals surface area contributed by atoms with Crippen LogP contribution in [0.25, 0.3) is 0 Å². The predicted octanol–water partition coefficient (Wildman–Crippen LogP) is 5.49. The van der Waals surface area contributed by atoms with Gasteiger partial charge in [0.05, 0.1) is 29.4 Å². The largest absolute Gasteiger partial charge is 0.496 e. The van der Waals surface area contributed by atoms with Gasteiger partial charge >= 0.3 is 0 Å². The Balaban J connectivity index is 1.79. The first kappa shape index (κ1) is 24.2. The number of allylic oxidation sites excluding steroid dienone is 1. The van der Waals surface area contributed by atoms with Crippen molar-refractivity contribution in [2.24, 2.45) is 0 Å². The normalized spacial score (nSPS) is 14.9. The molecule has 0 spiro atoms. The topological polar surface area (TPSA) is 90.3 Å². The molecule has 1 aromatic heterocycles. The Labute approximate surface area is 211 Å². The molecule has 34 heavy (non-hydrogen) atoms. The number of para-hydroxylation sites is 2. The van der Waals surface area contributed by atoms with Gasteiger partial charge < -0.3 is 20.1 Å². The van der Waals surface area contributed by atoms with Crippen molar-refractivity contribution in [3.63, 3.8) is 0 Å². The van der Waals surface area contributed by atoms with Crippen LogP contribution < -0.4 is 20.1 Å². The van der Waals surface area contributed by atoms with E-state index < -0.39 is 6.04 Å². The van der Waals surface area contributed by atoms with Crippen LogP contribution in [0.3, 0.4) is 0 Å². The average Bonchev–Trinajstić information content (AvgIpc) is 3.21. The summed E-state index contributed by atoms with van der Waals surface area (Å²) in [4.78, 5) is 18.3. The van der Waals surface area contributed by atoms with Gasteiger partial charge in [-0.1, -0.05) is 36.9 Å². The lowest BCUT2D eigenvalue weighted by atomic mass is 9.95. The Kier molecular flexibility index (Phi) is 7.47. The summed E-state index contributed by atoms with van der Waals surface area (Å²) in [5.41, 5.74) is 2.72. The SMILES string of the molecule is CCOc1ccccc1NC(=O)C1=C(C)Nc2nc(SCC)nn2C1c1ccc(OC)c(Br)c1. The number of nitrogens with zero attached hydrogens (tertiary/aromatic N) is 3. The van der Waals surface area contributed by atoms with Crippen LogP contribution in [0.15, 0.2) is 63.4 Å². The minimum absolute atomic E-state index is 0.250. The molecule has 10 heteroatoms. The monoisotopic (exact) mass is 543 g/mol. The molecule has 1 aliphatic rings. The number of rotatable bonds is 8. The second-order valence-corrected chi connectivity index (χ2v) is 9.52. The Morgan fingerprint density at radius 1 is 1.24 bits per heavy atom. The number of amides is 1. The van der Waals surface area contributed by atoms with Crippen molar-refractivity contribution in [1.29, 1.82) is 0 Å². The van der Waals surface area contributed by atoms with Crippen molar-refractivity contribution in [2.45, 2.75) is 32.0 Å². The Hall–Kier alpha value is -2.98. The van der Waals surface area contributed by atoms with Crippen molar-refractivity contribution in [3.05, 3.63) is 63.8 Å². The minimum Gasteiger partial charge on any atom is -0.496 e. The lowest BCUT2D eigenvalue weighted by Gasteiger charge is -2.29. The van der Waals surface area contributed by atoms with Gasteiger partial charge in [0.2, 0.25) is 11.1 Å². The zero-order chi connectivity index (χ0) is 24.2. The van der Waals surface area contributed by atoms with Crippen LogP contribution in [0.2, 0.25) is 0 Å². The van der Waals surface area contributed by atoms with Crippen LogP contribution in [0, 0.1) is 0 Å². The molecule has 2 N–H and O–H groups in total. The zero-order valence-corrected chi connectivity index (χ0v) is 21.8. The van der Waals surface area contributed by atoms with Gasteiger partial charge in [-0.25, -0.2) is 4.68 Å². The van der Waals surface area contributed by atoms with E-state index in [-0.39, 0.29) is 5.91 Å². The second-order valence-electron chi connectivity index (χ2n) is 7.44. The van der Waals surface area contributed by atoms with Crippen molar-refractivity contribution < 1.29 is 14.3 Å². The Morgan fingerprint density at radius 3 is 2.74 bits per heavy atom. The molecule has 0 saturated heterocycles. The number of halogens is 1. The number of aromatic nitrogens is 3. The predicted molar refractivity (Wildman–Crippen MR) is 138 cm³/mol. The number of hydrogen-bond donors (Lipinski definition) is 2. The molecule has 0 bridgehead atoms. The Morgan fingerprint density at radius 2 is 2.03 bits per heavy atom. The summed E-state index contributed by atoms with van der Waals surface area (Å²) < 4.78 is 13.6. The van der Waals surface area contributed by atoms with E-state index in [0.717, 1.165) is 15.8 Å². The molecular weight excluding hydrogens is 518 g/mol. The molecule has 0 aliphatic carbocycles. The molecule has 8 nitrogen and oxygen atoms in total. The molecule has 1 amide bonds. The van der Waals surface area contributed by atoms with Gasteiger partial charge in [0.25, 0.3) is 5.91 Å². The highest BCUT2D eigenvalue weighted by atomic mass is 79.9. The summed E-state index contributed by atoms with van der Waals surface area (Å²) in [6, 6.07) is 12.7. The van der Waals surface area contributed by atoms with E-state index in [4.69, 9.17) is 14.6 Å². The third kappa shape index (κ3) is 4.78. The molecule has 0 fully saturated rings. The first-order valence-electron chi connectivity index (χ1n) is 10.9. The molecule has 1 atom stereocenters. The number of ether oxygens (including phenoxy) is 2. The number of benzene rings is 2. The number of carbonyl (C=O) groups excluding carboxylic acids is 1. The number of nitrogens with one attached hydrogen (secondary N) is 2. The highest BCUT2D eigenvalue weighted by Crippen LogP contribution is 2.39. The quantitative estimate of drug-likeness (QED) is 0.363. The average molecular weight is 544 g/mol. The third-order valence-corrected chi connectivity index (χ3v) is 6.62. The lowest BCUT2D eigenvalue weighted by Crippen LogP contribution is -2.31. The van der Waals surface area contributed by atoms with Crippen molar-refractivity contribution in [1.82, 2.24) is 14.8 Å². The first-order chi connectivity index (χ1) is 16.5. The molecule has 1 aliphatic heterocycles. The van der Waals surface area contributed by atoms with E-state index in [1.165, 1.54) is 0 Å². The number of hydrogen-bond acceptors (Lipinski definition) is 7. The maximum atomic E-state index is 13.7. The fraction of sp³-hybridized carbons (Fsp3) is 0.292. The van der Waals surface area contributed by atoms with Crippen LogP contribution >= 0.6 is 27.7 Å². The number of methoxy groups -OCH3 is 1. The zero-order valence-electron chi connectivity index (χ0n) is 19.4. The fourth-order valence-corrected chi connectivity index (χ4v) is 4.93. The van der Waals surface area contributed by atoms with Gasteiger partial charge in [-0.3, -0.25) is 4.79 Å². The molecule has 4 rings (SSSR count). The molecule has 2 heterocycles. The van der Waals surface area contributed by atoms with Gasteiger partial charge in [-0.05, 0) is 65.4 Å². The molecule has 0 radical (unpaired) electrons. The Bertz CT molecular complexity index is 1240. The summed E-state index contributed by atoms with van der Waals surface area (Å²) in [6.45, 7) is 6.33. The highest BCUT2D eigenvalue weighted by Gasteiger charge is 2.35. The van der Waals surface area contributed by atoms with Crippen LogP contribution in [-0.2, 0) is 4.79 Å².